The van der Waals surface area contributed by atoms with Crippen molar-refractivity contribution in [3.8, 4) is 0 Å². The maximum atomic E-state index is 4.70. The van der Waals surface area contributed by atoms with E-state index >= 15 is 0 Å². The van der Waals surface area contributed by atoms with Gasteiger partial charge in [-0.2, -0.15) is 17.7 Å². The Bertz CT molecular complexity index is 56.7. The van der Waals surface area contributed by atoms with Crippen molar-refractivity contribution >= 4 is 0 Å². The summed E-state index contributed by atoms with van der Waals surface area (Å²) >= 11 is 0. The normalized spacial score (nSPS) is 12.0. The molecule has 0 saturated heterocycles. The molecule has 7 nitrogen and oxygen atoms in total. The Hall–Kier alpha value is -0.280. The van der Waals surface area contributed by atoms with Crippen LogP contribution in [0.15, 0.2) is 0 Å². The molecule has 9 heavy (non-hydrogen) atoms. The van der Waals surface area contributed by atoms with Crippen LogP contribution in [0.2, 0.25) is 0 Å². The van der Waals surface area contributed by atoms with Gasteiger partial charge in [0.1, 0.15) is 0 Å². The number of rotatable bonds is 4. The molecule has 0 spiro atoms. The summed E-state index contributed by atoms with van der Waals surface area (Å²) in [4.78, 5) is 11.5. The topological polar surface area (TPSA) is 106 Å². The first-order valence-electron chi connectivity index (χ1n) is 2.28. The van der Waals surface area contributed by atoms with Crippen molar-refractivity contribution in [3.63, 3.8) is 0 Å². The van der Waals surface area contributed by atoms with E-state index in [2.05, 4.69) is 14.8 Å². The van der Waals surface area contributed by atoms with Gasteiger partial charge >= 0.3 is 0 Å². The van der Waals surface area contributed by atoms with E-state index in [0.29, 0.717) is 0 Å². The molecule has 0 saturated carbocycles. The first kappa shape index (κ1) is 8.72. The van der Waals surface area contributed by atoms with Crippen molar-refractivity contribution in [1.29, 1.82) is 0 Å². The molecule has 0 aromatic carbocycles. The molecule has 0 atom stereocenters. The summed E-state index contributed by atoms with van der Waals surface area (Å²) in [6.07, 6.45) is 0. The molecule has 0 fully saturated rings. The van der Waals surface area contributed by atoms with Crippen molar-refractivity contribution in [2.45, 2.75) is 6.92 Å². The van der Waals surface area contributed by atoms with Gasteiger partial charge in [0.15, 0.2) is 11.5 Å². The Morgan fingerprint density at radius 2 is 1.44 bits per heavy atom. The van der Waals surface area contributed by atoms with Crippen molar-refractivity contribution in [3.05, 3.63) is 0 Å². The van der Waals surface area contributed by atoms with E-state index in [1.54, 1.807) is 6.92 Å². The molecule has 6 N–H and O–H groups in total. The zero-order chi connectivity index (χ0) is 7.33. The quantitative estimate of drug-likeness (QED) is 0.314. The Morgan fingerprint density at radius 3 is 1.44 bits per heavy atom. The Labute approximate surface area is 52.2 Å². The molecule has 0 amide bonds. The lowest BCUT2D eigenvalue weighted by Gasteiger charge is -2.18. The van der Waals surface area contributed by atoms with Crippen molar-refractivity contribution in [1.82, 2.24) is 0 Å². The Kier molecular flexibility index (Phi) is 3.58. The number of nitrogens with zero attached hydrogens (tertiary/aromatic N) is 1. The molecule has 7 heteroatoms. The van der Waals surface area contributed by atoms with Gasteiger partial charge in [-0.05, 0) is 21.7 Å². The second-order valence-corrected chi connectivity index (χ2v) is 1.24. The van der Waals surface area contributed by atoms with Crippen LogP contribution < -0.4 is 17.7 Å². The van der Waals surface area contributed by atoms with Crippen LogP contribution >= 0.6 is 0 Å². The van der Waals surface area contributed by atoms with E-state index in [4.69, 9.17) is 17.7 Å². The lowest BCUT2D eigenvalue weighted by atomic mass is 10.8. The highest BCUT2D eigenvalue weighted by Crippen LogP contribution is 2.00. The van der Waals surface area contributed by atoms with Gasteiger partial charge in [-0.15, -0.1) is 0 Å². The fourth-order valence-corrected chi connectivity index (χ4v) is 0.298. The highest BCUT2D eigenvalue weighted by Gasteiger charge is 2.30. The predicted molar refractivity (Wildman–Crippen MR) is 26.6 cm³/mol. The van der Waals surface area contributed by atoms with E-state index in [0.717, 1.165) is 0 Å². The highest BCUT2D eigenvalue weighted by molar-refractivity contribution is 3.91. The van der Waals surface area contributed by atoms with Crippen LogP contribution in [0.3, 0.4) is 0 Å². The van der Waals surface area contributed by atoms with E-state index < -0.39 is 4.97 Å². The summed E-state index contributed by atoms with van der Waals surface area (Å²) in [6, 6.07) is 0. The average Bonchev–Trinajstić information content (AvgIpc) is 1.95. The minimum atomic E-state index is -0.889. The van der Waals surface area contributed by atoms with Gasteiger partial charge in [0.05, 0.1) is 0 Å². The molecule has 0 aromatic heterocycles. The highest BCUT2D eigenvalue weighted by atomic mass is 17.3. The van der Waals surface area contributed by atoms with E-state index in [1.165, 1.54) is 0 Å². The van der Waals surface area contributed by atoms with Gasteiger partial charge in [0, 0.05) is 0 Å². The average molecular weight is 139 g/mol. The molecular weight excluding hydrogens is 128 g/mol. The summed E-state index contributed by atoms with van der Waals surface area (Å²) in [5.41, 5.74) is 0. The van der Waals surface area contributed by atoms with Gasteiger partial charge < -0.3 is 0 Å². The van der Waals surface area contributed by atoms with E-state index in [-0.39, 0.29) is 6.54 Å². The van der Waals surface area contributed by atoms with E-state index in [1.807, 2.05) is 0 Å². The fourth-order valence-electron chi connectivity index (χ4n) is 0.298. The van der Waals surface area contributed by atoms with Crippen LogP contribution in [0.5, 0.6) is 0 Å². The second kappa shape index (κ2) is 3.69. The van der Waals surface area contributed by atoms with Crippen LogP contribution in [0.4, 0.5) is 0 Å². The van der Waals surface area contributed by atoms with Crippen LogP contribution in [0.1, 0.15) is 6.92 Å². The van der Waals surface area contributed by atoms with Gasteiger partial charge in [0.2, 0.25) is 0 Å². The lowest BCUT2D eigenvalue weighted by Crippen LogP contribution is -2.52. The molecule has 0 radical (unpaired) electrons. The van der Waals surface area contributed by atoms with Crippen molar-refractivity contribution in [2.75, 3.05) is 6.54 Å². The van der Waals surface area contributed by atoms with Gasteiger partial charge in [-0.3, -0.25) is 0 Å². The van der Waals surface area contributed by atoms with Crippen LogP contribution in [0.25, 0.3) is 0 Å². The SMILES string of the molecule is CC[N+](ON)(ON)ON. The molecule has 56 valence electrons. The van der Waals surface area contributed by atoms with Gasteiger partial charge in [-0.25, -0.2) is 0 Å². The lowest BCUT2D eigenvalue weighted by molar-refractivity contribution is -1.37. The first-order valence-corrected chi connectivity index (χ1v) is 2.28. The molecule has 0 unspecified atom stereocenters. The predicted octanol–water partition coefficient (Wildman–Crippen LogP) is -1.76. The number of hydroxylamine groups is 3. The Balaban J connectivity index is 3.82. The minimum Gasteiger partial charge on any atom is -0.153 e. The zero-order valence-electron chi connectivity index (χ0n) is 5.11. The number of quaternary nitrogens is 1. The Morgan fingerprint density at radius 1 is 1.11 bits per heavy atom. The standard InChI is InChI=1S/C2H11N4O3/c1-2-6(7-3,8-4)9-5/h2-5H2,1H3/q+1. The van der Waals surface area contributed by atoms with Gasteiger partial charge in [-0.1, -0.05) is 0 Å². The maximum Gasteiger partial charge on any atom is 0.181 e. The van der Waals surface area contributed by atoms with Crippen molar-refractivity contribution < 1.29 is 19.8 Å². The molecule has 0 aromatic rings. The van der Waals surface area contributed by atoms with Crippen molar-refractivity contribution in [2.24, 2.45) is 17.7 Å². The number of nitrogens with two attached hydrogens (primary N) is 3. The van der Waals surface area contributed by atoms with E-state index in [9.17, 15) is 0 Å². The second-order valence-electron chi connectivity index (χ2n) is 1.24. The third kappa shape index (κ3) is 1.84. The monoisotopic (exact) mass is 139 g/mol. The molecule has 0 aliphatic carbocycles. The van der Waals surface area contributed by atoms with Crippen LogP contribution in [-0.2, 0) is 14.8 Å². The fraction of sp³-hybridized carbons (Fsp3) is 1.00. The smallest absolute Gasteiger partial charge is 0.153 e. The summed E-state index contributed by atoms with van der Waals surface area (Å²) in [7, 11) is 0. The molecule has 0 aliphatic heterocycles. The molecule has 0 rings (SSSR count). The summed E-state index contributed by atoms with van der Waals surface area (Å²) in [5.74, 6) is 14.1. The summed E-state index contributed by atoms with van der Waals surface area (Å²) in [6.45, 7) is 1.90. The summed E-state index contributed by atoms with van der Waals surface area (Å²) in [5, 5.41) is 0. The maximum absolute atomic E-state index is 4.70. The first-order chi connectivity index (χ1) is 4.24. The largest absolute Gasteiger partial charge is 0.181 e. The number of hydrogen-bond acceptors (Lipinski definition) is 6. The molecule has 0 aliphatic rings. The third-order valence-electron chi connectivity index (χ3n) is 0.869. The van der Waals surface area contributed by atoms with Crippen LogP contribution in [0, 0.1) is 0 Å². The molecule has 0 bridgehead atoms. The molecule has 0 heterocycles. The van der Waals surface area contributed by atoms with Crippen LogP contribution in [-0.4, -0.2) is 11.5 Å². The third-order valence-corrected chi connectivity index (χ3v) is 0.869. The zero-order valence-corrected chi connectivity index (χ0v) is 5.11. The minimum absolute atomic E-state index is 0.240. The van der Waals surface area contributed by atoms with Gasteiger partial charge in [0.25, 0.3) is 0 Å². The number of hydrogen-bond donors (Lipinski definition) is 3. The summed E-state index contributed by atoms with van der Waals surface area (Å²) < 4.78 is 0. The molecular formula is C2H11N4O3+.